The average molecular weight is 155 g/mol. The van der Waals surface area contributed by atoms with E-state index in [1.54, 1.807) is 0 Å². The largest absolute Gasteiger partial charge is 0.402 e. The lowest BCUT2D eigenvalue weighted by Gasteiger charge is -2.03. The Morgan fingerprint density at radius 3 is 2.45 bits per heavy atom. The van der Waals surface area contributed by atoms with Crippen LogP contribution in [0.2, 0.25) is 0 Å². The maximum Gasteiger partial charge on any atom is 0.0966 e. The van der Waals surface area contributed by atoms with E-state index in [2.05, 4.69) is 10.3 Å². The van der Waals surface area contributed by atoms with Gasteiger partial charge in [-0.1, -0.05) is 0 Å². The van der Waals surface area contributed by atoms with Crippen molar-refractivity contribution in [2.45, 2.75) is 26.9 Å². The molecule has 0 fully saturated rings. The molecule has 3 N–H and O–H groups in total. The molecule has 1 unspecified atom stereocenters. The van der Waals surface area contributed by atoms with Gasteiger partial charge >= 0.3 is 0 Å². The molecule has 0 saturated carbocycles. The van der Waals surface area contributed by atoms with E-state index in [-0.39, 0.29) is 6.17 Å². The minimum Gasteiger partial charge on any atom is -0.402 e. The molecule has 0 saturated heterocycles. The average Bonchev–Trinajstić information content (AvgIpc) is 1.85. The molecule has 0 radical (unpaired) electrons. The Labute approximate surface area is 68.4 Å². The summed E-state index contributed by atoms with van der Waals surface area (Å²) in [4.78, 5) is 4.28. The van der Waals surface area contributed by atoms with E-state index in [4.69, 9.17) is 5.73 Å². The Balaban J connectivity index is 4.11. The van der Waals surface area contributed by atoms with Gasteiger partial charge in [-0.05, 0) is 33.9 Å². The number of allylic oxidation sites excluding steroid dienone is 2. The van der Waals surface area contributed by atoms with Gasteiger partial charge in [-0.15, -0.1) is 0 Å². The highest BCUT2D eigenvalue weighted by molar-refractivity contribution is 5.93. The minimum absolute atomic E-state index is 0.158. The molecule has 0 rings (SSSR count). The van der Waals surface area contributed by atoms with Crippen LogP contribution in [0.1, 0.15) is 20.8 Å². The van der Waals surface area contributed by atoms with Gasteiger partial charge in [0.05, 0.1) is 6.17 Å². The van der Waals surface area contributed by atoms with Crippen LogP contribution >= 0.6 is 0 Å². The second-order valence-corrected chi connectivity index (χ2v) is 2.62. The quantitative estimate of drug-likeness (QED) is 0.594. The van der Waals surface area contributed by atoms with E-state index in [1.165, 1.54) is 0 Å². The van der Waals surface area contributed by atoms with Crippen LogP contribution in [0.25, 0.3) is 0 Å². The summed E-state index contributed by atoms with van der Waals surface area (Å²) in [6, 6.07) is 0. The van der Waals surface area contributed by atoms with E-state index in [9.17, 15) is 0 Å². The Morgan fingerprint density at radius 1 is 1.55 bits per heavy atom. The van der Waals surface area contributed by atoms with Crippen molar-refractivity contribution in [3.8, 4) is 0 Å². The molecule has 1 atom stereocenters. The van der Waals surface area contributed by atoms with E-state index in [0.717, 1.165) is 11.4 Å². The second-order valence-electron chi connectivity index (χ2n) is 2.62. The van der Waals surface area contributed by atoms with Gasteiger partial charge in [-0.25, -0.2) is 0 Å². The smallest absolute Gasteiger partial charge is 0.0966 e. The van der Waals surface area contributed by atoms with Crippen molar-refractivity contribution in [1.29, 1.82) is 0 Å². The maximum absolute atomic E-state index is 5.47. The third kappa shape index (κ3) is 5.61. The fourth-order valence-electron chi connectivity index (χ4n) is 0.737. The van der Waals surface area contributed by atoms with E-state index in [0.29, 0.717) is 0 Å². The maximum atomic E-state index is 5.47. The number of aliphatic imine (C=N–C) groups is 1. The van der Waals surface area contributed by atoms with Crippen LogP contribution in [0.5, 0.6) is 0 Å². The van der Waals surface area contributed by atoms with Crippen LogP contribution in [0.15, 0.2) is 16.8 Å². The Morgan fingerprint density at radius 2 is 2.09 bits per heavy atom. The normalized spacial score (nSPS) is 16.7. The van der Waals surface area contributed by atoms with Crippen molar-refractivity contribution < 1.29 is 0 Å². The second kappa shape index (κ2) is 4.91. The summed E-state index contributed by atoms with van der Waals surface area (Å²) in [6.07, 6.45) is 2.01. The van der Waals surface area contributed by atoms with Gasteiger partial charge in [-0.3, -0.25) is 10.3 Å². The molecule has 0 spiro atoms. The molecule has 0 aliphatic carbocycles. The predicted molar refractivity (Wildman–Crippen MR) is 49.6 cm³/mol. The first-order valence-electron chi connectivity index (χ1n) is 3.71. The number of hydrogen-bond acceptors (Lipinski definition) is 3. The van der Waals surface area contributed by atoms with E-state index >= 15 is 0 Å². The summed E-state index contributed by atoms with van der Waals surface area (Å²) in [5, 5.41) is 3.01. The highest BCUT2D eigenvalue weighted by Crippen LogP contribution is 1.89. The van der Waals surface area contributed by atoms with Gasteiger partial charge in [0.25, 0.3) is 0 Å². The molecule has 0 heterocycles. The molecule has 3 heteroatoms. The first kappa shape index (κ1) is 10.2. The Hall–Kier alpha value is -0.830. The molecule has 0 aliphatic heterocycles. The van der Waals surface area contributed by atoms with Crippen molar-refractivity contribution in [1.82, 2.24) is 5.32 Å². The van der Waals surface area contributed by atoms with Crippen molar-refractivity contribution >= 4 is 5.71 Å². The number of nitrogens with zero attached hydrogens (tertiary/aromatic N) is 1. The van der Waals surface area contributed by atoms with Crippen LogP contribution in [-0.4, -0.2) is 18.9 Å². The zero-order valence-corrected chi connectivity index (χ0v) is 7.68. The molecule has 0 aromatic carbocycles. The molecule has 0 aromatic rings. The van der Waals surface area contributed by atoms with Crippen LogP contribution in [0, 0.1) is 0 Å². The monoisotopic (exact) mass is 155 g/mol. The minimum atomic E-state index is 0.158. The summed E-state index contributed by atoms with van der Waals surface area (Å²) in [5.41, 5.74) is 7.21. The Kier molecular flexibility index (Phi) is 4.54. The molecular formula is C8H17N3. The van der Waals surface area contributed by atoms with Crippen LogP contribution < -0.4 is 11.1 Å². The summed E-state index contributed by atoms with van der Waals surface area (Å²) >= 11 is 0. The highest BCUT2D eigenvalue weighted by Gasteiger charge is 1.92. The van der Waals surface area contributed by atoms with Crippen molar-refractivity contribution in [2.24, 2.45) is 10.7 Å². The number of hydrogen-bond donors (Lipinski definition) is 2. The van der Waals surface area contributed by atoms with Crippen LogP contribution in [0.4, 0.5) is 0 Å². The first-order valence-corrected chi connectivity index (χ1v) is 3.71. The lowest BCUT2D eigenvalue weighted by Crippen LogP contribution is -2.19. The molecule has 0 bridgehead atoms. The van der Waals surface area contributed by atoms with Gasteiger partial charge in [0.1, 0.15) is 0 Å². The third-order valence-corrected chi connectivity index (χ3v) is 1.25. The SMILES string of the molecule is CNC(C)/N=C(C)\C=C(\C)N. The molecule has 0 aromatic heterocycles. The summed E-state index contributed by atoms with van der Waals surface area (Å²) in [6.45, 7) is 5.77. The third-order valence-electron chi connectivity index (χ3n) is 1.25. The van der Waals surface area contributed by atoms with Crippen molar-refractivity contribution in [2.75, 3.05) is 7.05 Å². The fourth-order valence-corrected chi connectivity index (χ4v) is 0.737. The van der Waals surface area contributed by atoms with Crippen LogP contribution in [0.3, 0.4) is 0 Å². The molecule has 11 heavy (non-hydrogen) atoms. The number of nitrogens with two attached hydrogens (primary N) is 1. The zero-order chi connectivity index (χ0) is 8.85. The van der Waals surface area contributed by atoms with Gasteiger partial charge in [0.2, 0.25) is 0 Å². The summed E-state index contributed by atoms with van der Waals surface area (Å²) in [7, 11) is 1.88. The summed E-state index contributed by atoms with van der Waals surface area (Å²) < 4.78 is 0. The molecule has 0 amide bonds. The van der Waals surface area contributed by atoms with E-state index in [1.807, 2.05) is 33.9 Å². The Bertz CT molecular complexity index is 166. The molecule has 64 valence electrons. The lowest BCUT2D eigenvalue weighted by atomic mass is 10.3. The summed E-state index contributed by atoms with van der Waals surface area (Å²) in [5.74, 6) is 0. The van der Waals surface area contributed by atoms with E-state index < -0.39 is 0 Å². The van der Waals surface area contributed by atoms with Crippen LogP contribution in [-0.2, 0) is 0 Å². The molecule has 3 nitrogen and oxygen atoms in total. The standard InChI is InChI=1S/C8H17N3/c1-6(9)5-7(2)11-8(3)10-4/h5,8,10H,9H2,1-4H3/b6-5-,11-7-. The van der Waals surface area contributed by atoms with Gasteiger partial charge in [0.15, 0.2) is 0 Å². The zero-order valence-electron chi connectivity index (χ0n) is 7.68. The highest BCUT2D eigenvalue weighted by atomic mass is 15.0. The number of nitrogens with one attached hydrogen (secondary N) is 1. The lowest BCUT2D eigenvalue weighted by molar-refractivity contribution is 0.642. The van der Waals surface area contributed by atoms with Crippen molar-refractivity contribution in [3.63, 3.8) is 0 Å². The fraction of sp³-hybridized carbons (Fsp3) is 0.625. The topological polar surface area (TPSA) is 50.4 Å². The van der Waals surface area contributed by atoms with Gasteiger partial charge in [0, 0.05) is 11.4 Å². The molecular weight excluding hydrogens is 138 g/mol. The van der Waals surface area contributed by atoms with Crippen molar-refractivity contribution in [3.05, 3.63) is 11.8 Å². The first-order chi connectivity index (χ1) is 5.06. The number of rotatable bonds is 3. The predicted octanol–water partition coefficient (Wildman–Crippen LogP) is 0.875. The van der Waals surface area contributed by atoms with Gasteiger partial charge < -0.3 is 5.73 Å². The molecule has 0 aliphatic rings. The van der Waals surface area contributed by atoms with Gasteiger partial charge in [-0.2, -0.15) is 0 Å².